The van der Waals surface area contributed by atoms with Crippen LogP contribution in [0.4, 0.5) is 0 Å². The van der Waals surface area contributed by atoms with Crippen molar-refractivity contribution in [1.82, 2.24) is 4.57 Å². The Morgan fingerprint density at radius 1 is 0.685 bits per heavy atom. The van der Waals surface area contributed by atoms with E-state index in [1.54, 1.807) is 0 Å². The van der Waals surface area contributed by atoms with E-state index >= 15 is 0 Å². The molecule has 0 amide bonds. The minimum atomic E-state index is -0.584. The summed E-state index contributed by atoms with van der Waals surface area (Å²) >= 11 is 3.68. The number of allylic oxidation sites excluding steroid dienone is 2. The molecule has 0 spiro atoms. The van der Waals surface area contributed by atoms with Crippen molar-refractivity contribution in [2.45, 2.75) is 46.1 Å². The number of nitriles is 2. The smallest absolute Gasteiger partial charge is 0.0953 e. The first-order valence-electron chi connectivity index (χ1n) is 18.7. The van der Waals surface area contributed by atoms with E-state index < -0.39 is 5.41 Å². The van der Waals surface area contributed by atoms with Crippen LogP contribution in [0, 0.1) is 34.0 Å². The summed E-state index contributed by atoms with van der Waals surface area (Å²) in [5.41, 5.74) is 8.63. The summed E-state index contributed by atoms with van der Waals surface area (Å²) in [4.78, 5) is 0. The van der Waals surface area contributed by atoms with Crippen LogP contribution < -0.4 is 0 Å². The Morgan fingerprint density at radius 2 is 1.31 bits per heavy atom. The standard InChI is InChI=1S/C49H37N3S2/c1-29-30-12-4-5-13-31(30)32-20-22-44-46(36-15-7-10-18-42(36)53-44)39(32)26-38(29)33(24-25-50)40(27-51)49(2,3)28-52-41-17-9-6-14-34(41)35-21-23-45-47(48(35)52)37-16-8-11-19-43(37)54-45/h4-23,29,38H,24,26,28H2,1-3H3/b40-33+. The van der Waals surface area contributed by atoms with Gasteiger partial charge >= 0.3 is 0 Å². The van der Waals surface area contributed by atoms with Crippen LogP contribution in [0.2, 0.25) is 0 Å². The molecule has 1 aliphatic rings. The third kappa shape index (κ3) is 4.82. The third-order valence-corrected chi connectivity index (χ3v) is 14.3. The molecule has 2 atom stereocenters. The van der Waals surface area contributed by atoms with Crippen molar-refractivity contribution < 1.29 is 0 Å². The van der Waals surface area contributed by atoms with Crippen molar-refractivity contribution in [3.05, 3.63) is 144 Å². The van der Waals surface area contributed by atoms with Crippen LogP contribution in [-0.2, 0) is 13.0 Å². The van der Waals surface area contributed by atoms with Crippen molar-refractivity contribution in [1.29, 1.82) is 10.5 Å². The zero-order valence-electron chi connectivity index (χ0n) is 30.5. The highest BCUT2D eigenvalue weighted by molar-refractivity contribution is 7.26. The normalized spacial score (nSPS) is 16.4. The van der Waals surface area contributed by atoms with Gasteiger partial charge in [0.15, 0.2) is 0 Å². The van der Waals surface area contributed by atoms with E-state index in [2.05, 4.69) is 159 Å². The molecular weight excluding hydrogens is 695 g/mol. The van der Waals surface area contributed by atoms with E-state index in [0.29, 0.717) is 6.54 Å². The van der Waals surface area contributed by atoms with Gasteiger partial charge in [-0.05, 0) is 76.4 Å². The summed E-state index contributed by atoms with van der Waals surface area (Å²) in [5.74, 6) is 0.0667. The van der Waals surface area contributed by atoms with Gasteiger partial charge in [-0.25, -0.2) is 0 Å². The van der Waals surface area contributed by atoms with Crippen LogP contribution in [0.3, 0.4) is 0 Å². The van der Waals surface area contributed by atoms with Crippen LogP contribution in [0.1, 0.15) is 44.2 Å². The highest BCUT2D eigenvalue weighted by Gasteiger charge is 2.37. The first-order chi connectivity index (χ1) is 26.4. The van der Waals surface area contributed by atoms with Gasteiger partial charge in [-0.2, -0.15) is 10.5 Å². The molecule has 9 aromatic rings. The van der Waals surface area contributed by atoms with Crippen LogP contribution in [-0.4, -0.2) is 4.57 Å². The van der Waals surface area contributed by atoms with E-state index in [4.69, 9.17) is 0 Å². The molecule has 0 radical (unpaired) electrons. The SMILES string of the molecule is CC1c2ccccc2-c2ccc3sc4ccccc4c3c2CC1/C(CC#N)=C(\C#N)C(C)(C)Cn1c2ccccc2c2ccc3sc4ccccc4c3c21. The first-order valence-corrected chi connectivity index (χ1v) is 20.4. The maximum Gasteiger partial charge on any atom is 0.0953 e. The van der Waals surface area contributed by atoms with Gasteiger partial charge in [0.25, 0.3) is 0 Å². The minimum Gasteiger partial charge on any atom is -0.339 e. The van der Waals surface area contributed by atoms with Crippen LogP contribution in [0.5, 0.6) is 0 Å². The molecule has 10 rings (SSSR count). The average Bonchev–Trinajstić information content (AvgIpc) is 3.83. The third-order valence-electron chi connectivity index (χ3n) is 12.1. The topological polar surface area (TPSA) is 52.5 Å². The molecule has 6 aromatic carbocycles. The number of fused-ring (bicyclic) bond motifs is 14. The van der Waals surface area contributed by atoms with Crippen molar-refractivity contribution in [2.24, 2.45) is 11.3 Å². The predicted molar refractivity (Wildman–Crippen MR) is 229 cm³/mol. The number of hydrogen-bond donors (Lipinski definition) is 0. The lowest BCUT2D eigenvalue weighted by Gasteiger charge is -2.32. The zero-order valence-corrected chi connectivity index (χ0v) is 32.1. The summed E-state index contributed by atoms with van der Waals surface area (Å²) in [7, 11) is 0. The molecule has 0 aliphatic heterocycles. The molecule has 0 fully saturated rings. The predicted octanol–water partition coefficient (Wildman–Crippen LogP) is 13.9. The number of rotatable bonds is 5. The van der Waals surface area contributed by atoms with E-state index in [0.717, 1.165) is 17.6 Å². The van der Waals surface area contributed by atoms with Crippen LogP contribution >= 0.6 is 22.7 Å². The minimum absolute atomic E-state index is 0.0316. The largest absolute Gasteiger partial charge is 0.339 e. The first kappa shape index (κ1) is 32.9. The maximum atomic E-state index is 11.3. The number of aromatic nitrogens is 1. The van der Waals surface area contributed by atoms with Gasteiger partial charge in [0.05, 0.1) is 24.1 Å². The van der Waals surface area contributed by atoms with Gasteiger partial charge in [0.2, 0.25) is 0 Å². The van der Waals surface area contributed by atoms with Crippen LogP contribution in [0.25, 0.3) is 73.3 Å². The Balaban J connectivity index is 1.20. The Bertz CT molecular complexity index is 3120. The summed E-state index contributed by atoms with van der Waals surface area (Å²) in [6.45, 7) is 7.33. The second kappa shape index (κ2) is 12.4. The summed E-state index contributed by atoms with van der Waals surface area (Å²) in [6.07, 6.45) is 0.976. The second-order valence-corrected chi connectivity index (χ2v) is 17.7. The number of benzene rings is 6. The lowest BCUT2D eigenvalue weighted by molar-refractivity contribution is 0.379. The van der Waals surface area contributed by atoms with Gasteiger partial charge in [0, 0.05) is 74.2 Å². The quantitative estimate of drug-likeness (QED) is 0.166. The van der Waals surface area contributed by atoms with Gasteiger partial charge < -0.3 is 4.57 Å². The van der Waals surface area contributed by atoms with E-state index in [1.807, 2.05) is 22.7 Å². The van der Waals surface area contributed by atoms with E-state index in [1.165, 1.54) is 84.4 Å². The second-order valence-electron chi connectivity index (χ2n) is 15.5. The fourth-order valence-corrected chi connectivity index (χ4v) is 11.9. The number of para-hydroxylation sites is 1. The van der Waals surface area contributed by atoms with E-state index in [9.17, 15) is 10.5 Å². The monoisotopic (exact) mass is 731 g/mol. The van der Waals surface area contributed by atoms with Crippen LogP contribution in [0.15, 0.2) is 132 Å². The highest BCUT2D eigenvalue weighted by atomic mass is 32.1. The zero-order chi connectivity index (χ0) is 36.7. The average molecular weight is 732 g/mol. The molecular formula is C49H37N3S2. The Hall–Kier alpha value is -5.72. The molecule has 0 N–H and O–H groups in total. The molecule has 1 aliphatic carbocycles. The van der Waals surface area contributed by atoms with Crippen molar-refractivity contribution in [2.75, 3.05) is 0 Å². The van der Waals surface area contributed by atoms with Gasteiger partial charge in [-0.3, -0.25) is 0 Å². The fraction of sp³-hybridized carbons (Fsp3) is 0.184. The summed E-state index contributed by atoms with van der Waals surface area (Å²) in [6, 6.07) is 49.3. The Labute approximate surface area is 322 Å². The van der Waals surface area contributed by atoms with Gasteiger partial charge in [-0.1, -0.05) is 112 Å². The maximum absolute atomic E-state index is 11.3. The fourth-order valence-electron chi connectivity index (χ4n) is 9.67. The lowest BCUT2D eigenvalue weighted by atomic mass is 9.72. The van der Waals surface area contributed by atoms with Crippen molar-refractivity contribution >= 4 is 84.8 Å². The molecule has 0 saturated carbocycles. The number of nitrogens with zero attached hydrogens (tertiary/aromatic N) is 3. The molecule has 3 heterocycles. The molecule has 3 nitrogen and oxygen atoms in total. The number of hydrogen-bond acceptors (Lipinski definition) is 4. The molecule has 3 aromatic heterocycles. The van der Waals surface area contributed by atoms with Crippen molar-refractivity contribution in [3.8, 4) is 23.3 Å². The molecule has 260 valence electrons. The highest BCUT2D eigenvalue weighted by Crippen LogP contribution is 2.51. The number of thiophene rings is 2. The lowest BCUT2D eigenvalue weighted by Crippen LogP contribution is -2.26. The van der Waals surface area contributed by atoms with Gasteiger partial charge in [0.1, 0.15) is 0 Å². The molecule has 0 bridgehead atoms. The summed E-state index contributed by atoms with van der Waals surface area (Å²) < 4.78 is 7.58. The summed E-state index contributed by atoms with van der Waals surface area (Å²) in [5, 5.41) is 29.5. The molecule has 2 unspecified atom stereocenters. The Kier molecular flexibility index (Phi) is 7.57. The molecule has 5 heteroatoms. The molecule has 54 heavy (non-hydrogen) atoms. The molecule has 0 saturated heterocycles. The van der Waals surface area contributed by atoms with E-state index in [-0.39, 0.29) is 18.3 Å². The van der Waals surface area contributed by atoms with Crippen molar-refractivity contribution in [3.63, 3.8) is 0 Å². The van der Waals surface area contributed by atoms with Gasteiger partial charge in [-0.15, -0.1) is 22.7 Å². The Morgan fingerprint density at radius 3 is 2.06 bits per heavy atom.